The second-order valence-corrected chi connectivity index (χ2v) is 4.85. The van der Waals surface area contributed by atoms with E-state index in [1.54, 1.807) is 38.0 Å². The number of nitrogens with zero attached hydrogens (tertiary/aromatic N) is 7. The molecule has 2 heterocycles. The molecule has 0 aromatic carbocycles. The number of urea groups is 1. The highest BCUT2D eigenvalue weighted by Crippen LogP contribution is 2.20. The van der Waals surface area contributed by atoms with Crippen LogP contribution in [0, 0.1) is 0 Å². The van der Waals surface area contributed by atoms with E-state index in [9.17, 15) is 9.59 Å². The Morgan fingerprint density at radius 3 is 1.80 bits per heavy atom. The van der Waals surface area contributed by atoms with Crippen LogP contribution in [0.15, 0.2) is 0 Å². The highest BCUT2D eigenvalue weighted by Gasteiger charge is 2.36. The third-order valence-electron chi connectivity index (χ3n) is 2.83. The van der Waals surface area contributed by atoms with Crippen molar-refractivity contribution in [2.45, 2.75) is 0 Å². The molecule has 0 radical (unpaired) electrons. The van der Waals surface area contributed by atoms with Gasteiger partial charge < -0.3 is 9.80 Å². The van der Waals surface area contributed by atoms with Gasteiger partial charge in [-0.05, 0) is 0 Å². The predicted molar refractivity (Wildman–Crippen MR) is 74.0 cm³/mol. The Morgan fingerprint density at radius 1 is 0.950 bits per heavy atom. The average molecular weight is 279 g/mol. The third-order valence-corrected chi connectivity index (χ3v) is 2.83. The van der Waals surface area contributed by atoms with Gasteiger partial charge in [-0.3, -0.25) is 14.6 Å². The van der Waals surface area contributed by atoms with Crippen LogP contribution in [-0.4, -0.2) is 73.6 Å². The summed E-state index contributed by atoms with van der Waals surface area (Å²) in [6.45, 7) is -0.0565. The van der Waals surface area contributed by atoms with Crippen molar-refractivity contribution >= 4 is 29.8 Å². The largest absolute Gasteiger partial charge is 0.347 e. The zero-order chi connectivity index (χ0) is 15.0. The molecule has 2 rings (SSSR count). The SMILES string of the molecule is CN1C(=O)CN(c2nc(N(C)C)nc(N(C)C)n2)C1=O. The molecule has 0 aliphatic carbocycles. The molecule has 0 N–H and O–H groups in total. The van der Waals surface area contributed by atoms with Gasteiger partial charge in [0.2, 0.25) is 17.8 Å². The molecule has 0 unspecified atom stereocenters. The molecule has 0 saturated carbocycles. The van der Waals surface area contributed by atoms with E-state index in [1.807, 2.05) is 0 Å². The average Bonchev–Trinajstić information content (AvgIpc) is 2.66. The summed E-state index contributed by atoms with van der Waals surface area (Å²) in [6, 6.07) is -0.435. The fourth-order valence-electron chi connectivity index (χ4n) is 1.62. The molecule has 1 fully saturated rings. The van der Waals surface area contributed by atoms with E-state index in [-0.39, 0.29) is 18.4 Å². The van der Waals surface area contributed by atoms with Crippen LogP contribution >= 0.6 is 0 Å². The number of anilines is 3. The van der Waals surface area contributed by atoms with Gasteiger partial charge >= 0.3 is 6.03 Å². The molecule has 0 atom stereocenters. The molecule has 0 spiro atoms. The van der Waals surface area contributed by atoms with E-state index in [2.05, 4.69) is 15.0 Å². The lowest BCUT2D eigenvalue weighted by atomic mass is 10.6. The van der Waals surface area contributed by atoms with Gasteiger partial charge in [-0.1, -0.05) is 0 Å². The molecule has 1 aliphatic heterocycles. The molecule has 9 heteroatoms. The topological polar surface area (TPSA) is 85.8 Å². The minimum Gasteiger partial charge on any atom is -0.347 e. The lowest BCUT2D eigenvalue weighted by molar-refractivity contribution is -0.123. The van der Waals surface area contributed by atoms with Gasteiger partial charge in [-0.2, -0.15) is 15.0 Å². The van der Waals surface area contributed by atoms with E-state index < -0.39 is 6.03 Å². The molecule has 9 nitrogen and oxygen atoms in total. The highest BCUT2D eigenvalue weighted by atomic mass is 16.2. The fraction of sp³-hybridized carbons (Fsp3) is 0.545. The second-order valence-electron chi connectivity index (χ2n) is 4.85. The Bertz CT molecular complexity index is 531. The van der Waals surface area contributed by atoms with Crippen LogP contribution in [0.3, 0.4) is 0 Å². The van der Waals surface area contributed by atoms with Crippen molar-refractivity contribution in [3.05, 3.63) is 0 Å². The molecule has 1 aromatic rings. The molecule has 108 valence electrons. The van der Waals surface area contributed by atoms with Gasteiger partial charge in [-0.15, -0.1) is 0 Å². The van der Waals surface area contributed by atoms with E-state index in [1.165, 1.54) is 11.9 Å². The van der Waals surface area contributed by atoms with Crippen LogP contribution in [0.2, 0.25) is 0 Å². The molecule has 0 bridgehead atoms. The second kappa shape index (κ2) is 4.91. The molecule has 1 aromatic heterocycles. The van der Waals surface area contributed by atoms with Gasteiger partial charge in [0.25, 0.3) is 5.91 Å². The molecular weight excluding hydrogens is 262 g/mol. The normalized spacial score (nSPS) is 15.1. The van der Waals surface area contributed by atoms with E-state index in [0.29, 0.717) is 11.9 Å². The maximum Gasteiger partial charge on any atom is 0.333 e. The Labute approximate surface area is 116 Å². The summed E-state index contributed by atoms with van der Waals surface area (Å²) in [5.74, 6) is 0.741. The summed E-state index contributed by atoms with van der Waals surface area (Å²) in [7, 11) is 8.61. The number of imide groups is 1. The third kappa shape index (κ3) is 2.33. The van der Waals surface area contributed by atoms with Crippen LogP contribution in [0.5, 0.6) is 0 Å². The number of hydrogen-bond donors (Lipinski definition) is 0. The number of carbonyl (C=O) groups excluding carboxylic acids is 2. The van der Waals surface area contributed by atoms with Crippen molar-refractivity contribution in [2.24, 2.45) is 0 Å². The minimum atomic E-state index is -0.435. The van der Waals surface area contributed by atoms with E-state index in [4.69, 9.17) is 0 Å². The first kappa shape index (κ1) is 14.0. The summed E-state index contributed by atoms with van der Waals surface area (Å²) >= 11 is 0. The Kier molecular flexibility index (Phi) is 3.43. The first-order valence-corrected chi connectivity index (χ1v) is 6.00. The maximum absolute atomic E-state index is 12.0. The molecule has 1 aliphatic rings. The Hall–Kier alpha value is -2.45. The van der Waals surface area contributed by atoms with Crippen molar-refractivity contribution < 1.29 is 9.59 Å². The number of aromatic nitrogens is 3. The summed E-state index contributed by atoms with van der Waals surface area (Å²) in [6.07, 6.45) is 0. The number of rotatable bonds is 3. The lowest BCUT2D eigenvalue weighted by Crippen LogP contribution is -2.32. The van der Waals surface area contributed by atoms with E-state index >= 15 is 0 Å². The van der Waals surface area contributed by atoms with Gasteiger partial charge in [0.05, 0.1) is 0 Å². The van der Waals surface area contributed by atoms with Gasteiger partial charge in [0.1, 0.15) is 6.54 Å². The van der Waals surface area contributed by atoms with Crippen LogP contribution in [0.25, 0.3) is 0 Å². The number of hydrogen-bond acceptors (Lipinski definition) is 7. The smallest absolute Gasteiger partial charge is 0.333 e. The van der Waals surface area contributed by atoms with Gasteiger partial charge in [0, 0.05) is 35.2 Å². The lowest BCUT2D eigenvalue weighted by Gasteiger charge is -2.19. The van der Waals surface area contributed by atoms with Crippen LogP contribution in [0.1, 0.15) is 0 Å². The number of carbonyl (C=O) groups is 2. The zero-order valence-corrected chi connectivity index (χ0v) is 12.2. The van der Waals surface area contributed by atoms with Crippen molar-refractivity contribution in [3.8, 4) is 0 Å². The van der Waals surface area contributed by atoms with E-state index in [0.717, 1.165) is 4.90 Å². The Morgan fingerprint density at radius 2 is 1.45 bits per heavy atom. The molecular formula is C11H17N7O2. The monoisotopic (exact) mass is 279 g/mol. The summed E-state index contributed by atoms with van der Waals surface area (Å²) in [4.78, 5) is 42.0. The first-order chi connectivity index (χ1) is 9.31. The Balaban J connectivity index is 2.46. The fourth-order valence-corrected chi connectivity index (χ4v) is 1.62. The summed E-state index contributed by atoms with van der Waals surface area (Å²) in [5.41, 5.74) is 0. The number of amides is 3. The predicted octanol–water partition coefficient (Wildman–Crippen LogP) is -0.598. The quantitative estimate of drug-likeness (QED) is 0.683. The highest BCUT2D eigenvalue weighted by molar-refractivity contribution is 6.11. The molecule has 20 heavy (non-hydrogen) atoms. The van der Waals surface area contributed by atoms with Crippen molar-refractivity contribution in [3.63, 3.8) is 0 Å². The van der Waals surface area contributed by atoms with Crippen molar-refractivity contribution in [2.75, 3.05) is 56.5 Å². The molecule has 3 amide bonds. The van der Waals surface area contributed by atoms with Gasteiger partial charge in [0.15, 0.2) is 0 Å². The minimum absolute atomic E-state index is 0.0565. The van der Waals surface area contributed by atoms with Crippen LogP contribution in [-0.2, 0) is 4.79 Å². The van der Waals surface area contributed by atoms with Crippen LogP contribution in [0.4, 0.5) is 22.6 Å². The van der Waals surface area contributed by atoms with Crippen LogP contribution < -0.4 is 14.7 Å². The standard InChI is InChI=1S/C11H17N7O2/c1-15(2)8-12-9(16(3)4)14-10(13-8)18-6-7(19)17(5)11(18)20/h6H2,1-5H3. The zero-order valence-electron chi connectivity index (χ0n) is 12.2. The molecule has 1 saturated heterocycles. The first-order valence-electron chi connectivity index (χ1n) is 6.00. The van der Waals surface area contributed by atoms with Crippen molar-refractivity contribution in [1.29, 1.82) is 0 Å². The summed E-state index contributed by atoms with van der Waals surface area (Å²) in [5, 5.41) is 0. The maximum atomic E-state index is 12.0. The number of likely N-dealkylation sites (N-methyl/N-ethyl adjacent to an activating group) is 1. The summed E-state index contributed by atoms with van der Waals surface area (Å²) < 4.78 is 0. The van der Waals surface area contributed by atoms with Gasteiger partial charge in [-0.25, -0.2) is 4.79 Å². The van der Waals surface area contributed by atoms with Crippen molar-refractivity contribution in [1.82, 2.24) is 19.9 Å².